The van der Waals surface area contributed by atoms with Crippen molar-refractivity contribution in [3.63, 3.8) is 0 Å². The fraction of sp³-hybridized carbons (Fsp3) is 0.900. The molecule has 1 fully saturated rings. The lowest BCUT2D eigenvalue weighted by Gasteiger charge is -2.32. The first-order valence-corrected chi connectivity index (χ1v) is 6.56. The van der Waals surface area contributed by atoms with Gasteiger partial charge in [-0.2, -0.15) is 11.8 Å². The van der Waals surface area contributed by atoms with Gasteiger partial charge in [0.2, 0.25) is 5.96 Å². The molecule has 1 aliphatic heterocycles. The monoisotopic (exact) mass is 230 g/mol. The molecular weight excluding hydrogens is 208 g/mol. The molecule has 1 heterocycles. The summed E-state index contributed by atoms with van der Waals surface area (Å²) in [7, 11) is 0. The molecule has 0 radical (unpaired) electrons. The van der Waals surface area contributed by atoms with Crippen LogP contribution in [0.5, 0.6) is 0 Å². The molecule has 0 amide bonds. The molecule has 0 aliphatic carbocycles. The Bertz CT molecular complexity index is 217. The number of nitrogens with zero attached hydrogens (tertiary/aromatic N) is 2. The van der Waals surface area contributed by atoms with Crippen molar-refractivity contribution >= 4 is 17.7 Å². The van der Waals surface area contributed by atoms with E-state index in [2.05, 4.69) is 36.1 Å². The van der Waals surface area contributed by atoms with Crippen LogP contribution in [0, 0.1) is 5.92 Å². The molecule has 1 saturated heterocycles. The molecule has 0 aromatic heterocycles. The second-order valence-electron chi connectivity index (χ2n) is 4.33. The SMILES string of the molecule is CC(C)CN=C(NN)N1CCSC(C)C1. The van der Waals surface area contributed by atoms with Gasteiger partial charge in [0.25, 0.3) is 0 Å². The van der Waals surface area contributed by atoms with Crippen molar-refractivity contribution in [3.05, 3.63) is 0 Å². The molecule has 0 aromatic carbocycles. The van der Waals surface area contributed by atoms with Gasteiger partial charge in [-0.3, -0.25) is 10.4 Å². The van der Waals surface area contributed by atoms with Gasteiger partial charge >= 0.3 is 0 Å². The lowest BCUT2D eigenvalue weighted by Crippen LogP contribution is -2.49. The van der Waals surface area contributed by atoms with Crippen LogP contribution in [0.4, 0.5) is 0 Å². The Hall–Kier alpha value is -0.420. The minimum absolute atomic E-state index is 0.574. The summed E-state index contributed by atoms with van der Waals surface area (Å²) in [6.45, 7) is 9.46. The predicted molar refractivity (Wildman–Crippen MR) is 68.0 cm³/mol. The van der Waals surface area contributed by atoms with E-state index in [-0.39, 0.29) is 0 Å². The van der Waals surface area contributed by atoms with E-state index < -0.39 is 0 Å². The topological polar surface area (TPSA) is 53.6 Å². The van der Waals surface area contributed by atoms with Crippen LogP contribution in [-0.2, 0) is 0 Å². The second kappa shape index (κ2) is 6.23. The number of aliphatic imine (C=N–C) groups is 1. The van der Waals surface area contributed by atoms with Crippen molar-refractivity contribution < 1.29 is 0 Å². The van der Waals surface area contributed by atoms with Crippen molar-refractivity contribution in [2.24, 2.45) is 16.8 Å². The average Bonchev–Trinajstić information content (AvgIpc) is 2.18. The minimum Gasteiger partial charge on any atom is -0.340 e. The first-order valence-electron chi connectivity index (χ1n) is 5.51. The highest BCUT2D eigenvalue weighted by Gasteiger charge is 2.19. The summed E-state index contributed by atoms with van der Waals surface area (Å²) in [4.78, 5) is 6.74. The maximum Gasteiger partial charge on any atom is 0.208 e. The summed E-state index contributed by atoms with van der Waals surface area (Å²) in [6, 6.07) is 0. The lowest BCUT2D eigenvalue weighted by atomic mass is 10.2. The number of rotatable bonds is 2. The van der Waals surface area contributed by atoms with Crippen molar-refractivity contribution in [1.29, 1.82) is 0 Å². The Morgan fingerprint density at radius 1 is 1.67 bits per heavy atom. The Balaban J connectivity index is 2.52. The molecule has 1 unspecified atom stereocenters. The molecule has 1 atom stereocenters. The van der Waals surface area contributed by atoms with Crippen LogP contribution >= 0.6 is 11.8 Å². The van der Waals surface area contributed by atoms with E-state index in [9.17, 15) is 0 Å². The van der Waals surface area contributed by atoms with Gasteiger partial charge in [-0.1, -0.05) is 20.8 Å². The summed E-state index contributed by atoms with van der Waals surface area (Å²) in [6.07, 6.45) is 0. The second-order valence-corrected chi connectivity index (χ2v) is 5.88. The van der Waals surface area contributed by atoms with Gasteiger partial charge in [-0.25, -0.2) is 5.84 Å². The smallest absolute Gasteiger partial charge is 0.208 e. The largest absolute Gasteiger partial charge is 0.340 e. The highest BCUT2D eigenvalue weighted by atomic mass is 32.2. The van der Waals surface area contributed by atoms with Crippen LogP contribution in [0.2, 0.25) is 0 Å². The molecule has 88 valence electrons. The van der Waals surface area contributed by atoms with E-state index >= 15 is 0 Å². The lowest BCUT2D eigenvalue weighted by molar-refractivity contribution is 0.416. The van der Waals surface area contributed by atoms with Crippen LogP contribution < -0.4 is 11.3 Å². The van der Waals surface area contributed by atoms with Crippen molar-refractivity contribution in [3.8, 4) is 0 Å². The van der Waals surface area contributed by atoms with Crippen LogP contribution in [0.3, 0.4) is 0 Å². The standard InChI is InChI=1S/C10H22N4S/c1-8(2)6-12-10(13-11)14-4-5-15-9(3)7-14/h8-9H,4-7,11H2,1-3H3,(H,12,13). The Labute approximate surface area is 96.7 Å². The molecule has 5 heteroatoms. The molecule has 1 aliphatic rings. The van der Waals surface area contributed by atoms with Gasteiger partial charge in [0.15, 0.2) is 0 Å². The third-order valence-corrected chi connectivity index (χ3v) is 3.41. The summed E-state index contributed by atoms with van der Waals surface area (Å²) < 4.78 is 0. The fourth-order valence-electron chi connectivity index (χ4n) is 1.52. The number of hydrogen-bond acceptors (Lipinski definition) is 3. The Kier molecular flexibility index (Phi) is 5.25. The molecular formula is C10H22N4S. The van der Waals surface area contributed by atoms with E-state index in [0.717, 1.165) is 31.3 Å². The molecule has 0 aromatic rings. The summed E-state index contributed by atoms with van der Waals surface area (Å²) in [5.74, 6) is 8.08. The average molecular weight is 230 g/mol. The van der Waals surface area contributed by atoms with E-state index in [4.69, 9.17) is 5.84 Å². The molecule has 4 nitrogen and oxygen atoms in total. The van der Waals surface area contributed by atoms with E-state index in [0.29, 0.717) is 11.2 Å². The number of thioether (sulfide) groups is 1. The molecule has 3 N–H and O–H groups in total. The van der Waals surface area contributed by atoms with Gasteiger partial charge in [-0.05, 0) is 5.92 Å². The number of guanidine groups is 1. The number of hydrogen-bond donors (Lipinski definition) is 2. The van der Waals surface area contributed by atoms with Gasteiger partial charge in [-0.15, -0.1) is 0 Å². The van der Waals surface area contributed by atoms with Crippen LogP contribution in [0.25, 0.3) is 0 Å². The quantitative estimate of drug-likeness (QED) is 0.320. The van der Waals surface area contributed by atoms with Gasteiger partial charge < -0.3 is 4.90 Å². The molecule has 0 spiro atoms. The molecule has 1 rings (SSSR count). The zero-order chi connectivity index (χ0) is 11.3. The summed E-state index contributed by atoms with van der Waals surface area (Å²) in [5, 5.41) is 0.663. The van der Waals surface area contributed by atoms with Crippen LogP contribution in [-0.4, -0.2) is 41.5 Å². The first-order chi connectivity index (χ1) is 7.13. The van der Waals surface area contributed by atoms with E-state index in [1.165, 1.54) is 0 Å². The molecule has 15 heavy (non-hydrogen) atoms. The molecule has 0 bridgehead atoms. The number of nitrogens with one attached hydrogen (secondary N) is 1. The number of hydrazine groups is 1. The fourth-order valence-corrected chi connectivity index (χ4v) is 2.53. The first kappa shape index (κ1) is 12.6. The van der Waals surface area contributed by atoms with Crippen LogP contribution in [0.1, 0.15) is 20.8 Å². The highest BCUT2D eigenvalue weighted by Crippen LogP contribution is 2.17. The Morgan fingerprint density at radius 2 is 2.40 bits per heavy atom. The van der Waals surface area contributed by atoms with E-state index in [1.54, 1.807) is 0 Å². The maximum atomic E-state index is 5.51. The molecule has 0 saturated carbocycles. The van der Waals surface area contributed by atoms with Gasteiger partial charge in [0.1, 0.15) is 0 Å². The third kappa shape index (κ3) is 4.30. The predicted octanol–water partition coefficient (Wildman–Crippen LogP) is 0.899. The normalized spacial score (nSPS) is 23.4. The van der Waals surface area contributed by atoms with E-state index in [1.807, 2.05) is 11.8 Å². The minimum atomic E-state index is 0.574. The van der Waals surface area contributed by atoms with Crippen LogP contribution in [0.15, 0.2) is 4.99 Å². The van der Waals surface area contributed by atoms with Crippen molar-refractivity contribution in [1.82, 2.24) is 10.3 Å². The zero-order valence-corrected chi connectivity index (χ0v) is 10.7. The third-order valence-electron chi connectivity index (χ3n) is 2.28. The number of nitrogens with two attached hydrogens (primary N) is 1. The Morgan fingerprint density at radius 3 is 2.93 bits per heavy atom. The highest BCUT2D eigenvalue weighted by molar-refractivity contribution is 7.99. The summed E-state index contributed by atoms with van der Waals surface area (Å²) in [5.41, 5.74) is 2.71. The van der Waals surface area contributed by atoms with Gasteiger partial charge in [0, 0.05) is 30.6 Å². The summed E-state index contributed by atoms with van der Waals surface area (Å²) >= 11 is 2.01. The van der Waals surface area contributed by atoms with Crippen molar-refractivity contribution in [2.45, 2.75) is 26.0 Å². The van der Waals surface area contributed by atoms with Gasteiger partial charge in [0.05, 0.1) is 0 Å². The zero-order valence-electron chi connectivity index (χ0n) is 9.86. The van der Waals surface area contributed by atoms with Crippen molar-refractivity contribution in [2.75, 3.05) is 25.4 Å². The maximum absolute atomic E-state index is 5.51.